The molecule has 50 valence electrons. The summed E-state index contributed by atoms with van der Waals surface area (Å²) in [6.07, 6.45) is 7.32. The molecule has 0 aliphatic carbocycles. The van der Waals surface area contributed by atoms with Gasteiger partial charge in [-0.25, -0.2) is 0 Å². The molecular weight excluding hydrogens is 110 g/mol. The normalized spacial score (nSPS) is 34.4. The highest BCUT2D eigenvalue weighted by Crippen LogP contribution is 2.11. The minimum Gasteiger partial charge on any atom is -0.290 e. The molecule has 0 fully saturated rings. The van der Waals surface area contributed by atoms with Gasteiger partial charge in [0, 0.05) is 12.3 Å². The van der Waals surface area contributed by atoms with Crippen molar-refractivity contribution in [2.24, 2.45) is 10.9 Å². The van der Waals surface area contributed by atoms with E-state index in [1.807, 2.05) is 12.3 Å². The minimum absolute atomic E-state index is 0.509. The molecule has 2 atom stereocenters. The van der Waals surface area contributed by atoms with Crippen LogP contribution < -0.4 is 0 Å². The van der Waals surface area contributed by atoms with Gasteiger partial charge in [0.2, 0.25) is 0 Å². The molecule has 1 heteroatoms. The average Bonchev–Trinajstić information content (AvgIpc) is 1.93. The summed E-state index contributed by atoms with van der Waals surface area (Å²) in [5, 5.41) is 0. The molecule has 1 nitrogen and oxygen atoms in total. The summed E-state index contributed by atoms with van der Waals surface area (Å²) in [5.74, 6) is 0.697. The van der Waals surface area contributed by atoms with Crippen LogP contribution in [0.2, 0.25) is 0 Å². The van der Waals surface area contributed by atoms with Crippen molar-refractivity contribution in [2.45, 2.75) is 26.3 Å². The molecule has 0 amide bonds. The van der Waals surface area contributed by atoms with E-state index >= 15 is 0 Å². The maximum Gasteiger partial charge on any atom is 0.0476 e. The van der Waals surface area contributed by atoms with Crippen LogP contribution in [0.1, 0.15) is 20.3 Å². The van der Waals surface area contributed by atoms with E-state index in [9.17, 15) is 0 Å². The molecule has 0 radical (unpaired) electrons. The molecular formula is C8H13N. The highest BCUT2D eigenvalue weighted by atomic mass is 14.8. The number of rotatable bonds is 0. The molecule has 0 aromatic carbocycles. The van der Waals surface area contributed by atoms with Gasteiger partial charge in [0.25, 0.3) is 0 Å². The van der Waals surface area contributed by atoms with E-state index in [0.29, 0.717) is 12.0 Å². The van der Waals surface area contributed by atoms with Crippen molar-refractivity contribution in [3.05, 3.63) is 12.2 Å². The van der Waals surface area contributed by atoms with Gasteiger partial charge < -0.3 is 0 Å². The molecule has 0 saturated heterocycles. The lowest BCUT2D eigenvalue weighted by atomic mass is 10.0. The van der Waals surface area contributed by atoms with Gasteiger partial charge in [-0.05, 0) is 25.3 Å². The molecule has 1 aliphatic rings. The first-order chi connectivity index (χ1) is 4.29. The van der Waals surface area contributed by atoms with Crippen LogP contribution in [0.4, 0.5) is 0 Å². The molecule has 0 N–H and O–H groups in total. The Balaban J connectivity index is 2.54. The van der Waals surface area contributed by atoms with Gasteiger partial charge in [0.05, 0.1) is 0 Å². The Morgan fingerprint density at radius 3 is 3.00 bits per heavy atom. The Morgan fingerprint density at radius 1 is 1.44 bits per heavy atom. The SMILES string of the molecule is CC1C=CC=NC(C)C1. The number of allylic oxidation sites excluding steroid dienone is 2. The summed E-state index contributed by atoms with van der Waals surface area (Å²) in [4.78, 5) is 4.26. The van der Waals surface area contributed by atoms with Crippen LogP contribution in [0, 0.1) is 5.92 Å². The number of nitrogens with zero attached hydrogens (tertiary/aromatic N) is 1. The average molecular weight is 123 g/mol. The Labute approximate surface area is 56.5 Å². The van der Waals surface area contributed by atoms with Gasteiger partial charge in [0.1, 0.15) is 0 Å². The third-order valence-electron chi connectivity index (χ3n) is 1.58. The Kier molecular flexibility index (Phi) is 2.04. The van der Waals surface area contributed by atoms with Crippen molar-refractivity contribution >= 4 is 6.21 Å². The van der Waals surface area contributed by atoms with Crippen LogP contribution in [0.25, 0.3) is 0 Å². The molecule has 0 spiro atoms. The highest BCUT2D eigenvalue weighted by Gasteiger charge is 2.04. The standard InChI is InChI=1S/C8H13N/c1-7-4-3-5-9-8(2)6-7/h3-5,7-8H,6H2,1-2H3. The number of aliphatic imine (C=N–C) groups is 1. The van der Waals surface area contributed by atoms with Crippen molar-refractivity contribution in [3.8, 4) is 0 Å². The summed E-state index contributed by atoms with van der Waals surface area (Å²) >= 11 is 0. The first kappa shape index (κ1) is 6.53. The van der Waals surface area contributed by atoms with Gasteiger partial charge in [-0.3, -0.25) is 4.99 Å². The first-order valence-electron chi connectivity index (χ1n) is 3.49. The molecule has 0 aromatic heterocycles. The molecule has 1 rings (SSSR count). The topological polar surface area (TPSA) is 12.4 Å². The third kappa shape index (κ3) is 2.00. The zero-order valence-corrected chi connectivity index (χ0v) is 6.04. The van der Waals surface area contributed by atoms with Crippen molar-refractivity contribution in [3.63, 3.8) is 0 Å². The van der Waals surface area contributed by atoms with Crippen molar-refractivity contribution in [1.82, 2.24) is 0 Å². The van der Waals surface area contributed by atoms with E-state index in [1.165, 1.54) is 6.42 Å². The predicted octanol–water partition coefficient (Wildman–Crippen LogP) is 2.04. The molecule has 9 heavy (non-hydrogen) atoms. The summed E-state index contributed by atoms with van der Waals surface area (Å²) in [5.41, 5.74) is 0. The lowest BCUT2D eigenvalue weighted by molar-refractivity contribution is 0.570. The summed E-state index contributed by atoms with van der Waals surface area (Å²) in [6, 6.07) is 0.509. The van der Waals surface area contributed by atoms with Crippen molar-refractivity contribution in [2.75, 3.05) is 0 Å². The summed E-state index contributed by atoms with van der Waals surface area (Å²) in [7, 11) is 0. The van der Waals surface area contributed by atoms with Gasteiger partial charge >= 0.3 is 0 Å². The molecule has 2 unspecified atom stereocenters. The molecule has 1 aliphatic heterocycles. The maximum atomic E-state index is 4.26. The Hall–Kier alpha value is -0.590. The van der Waals surface area contributed by atoms with Crippen LogP contribution in [0.5, 0.6) is 0 Å². The van der Waals surface area contributed by atoms with E-state index in [2.05, 4.69) is 24.9 Å². The monoisotopic (exact) mass is 123 g/mol. The number of hydrogen-bond acceptors (Lipinski definition) is 1. The van der Waals surface area contributed by atoms with E-state index < -0.39 is 0 Å². The van der Waals surface area contributed by atoms with Gasteiger partial charge in [-0.1, -0.05) is 13.0 Å². The van der Waals surface area contributed by atoms with E-state index in [4.69, 9.17) is 0 Å². The second-order valence-electron chi connectivity index (χ2n) is 2.75. The zero-order chi connectivity index (χ0) is 6.69. The molecule has 1 heterocycles. The van der Waals surface area contributed by atoms with Gasteiger partial charge in [-0.15, -0.1) is 0 Å². The number of hydrogen-bond donors (Lipinski definition) is 0. The van der Waals surface area contributed by atoms with Crippen LogP contribution in [0.15, 0.2) is 17.1 Å². The second-order valence-corrected chi connectivity index (χ2v) is 2.75. The second kappa shape index (κ2) is 2.81. The Bertz CT molecular complexity index is 120. The summed E-state index contributed by atoms with van der Waals surface area (Å²) < 4.78 is 0. The fourth-order valence-corrected chi connectivity index (χ4v) is 1.11. The van der Waals surface area contributed by atoms with Crippen molar-refractivity contribution < 1.29 is 0 Å². The van der Waals surface area contributed by atoms with Gasteiger partial charge in [0.15, 0.2) is 0 Å². The molecule has 0 aromatic rings. The van der Waals surface area contributed by atoms with Gasteiger partial charge in [-0.2, -0.15) is 0 Å². The third-order valence-corrected chi connectivity index (χ3v) is 1.58. The Morgan fingerprint density at radius 2 is 2.22 bits per heavy atom. The van der Waals surface area contributed by atoms with E-state index in [0.717, 1.165) is 0 Å². The van der Waals surface area contributed by atoms with Crippen LogP contribution in [-0.2, 0) is 0 Å². The van der Waals surface area contributed by atoms with E-state index in [-0.39, 0.29) is 0 Å². The lowest BCUT2D eigenvalue weighted by Crippen LogP contribution is -2.01. The lowest BCUT2D eigenvalue weighted by Gasteiger charge is -2.06. The maximum absolute atomic E-state index is 4.26. The fraction of sp³-hybridized carbons (Fsp3) is 0.625. The predicted molar refractivity (Wildman–Crippen MR) is 40.9 cm³/mol. The largest absolute Gasteiger partial charge is 0.290 e. The van der Waals surface area contributed by atoms with Crippen LogP contribution in [0.3, 0.4) is 0 Å². The smallest absolute Gasteiger partial charge is 0.0476 e. The van der Waals surface area contributed by atoms with E-state index in [1.54, 1.807) is 0 Å². The van der Waals surface area contributed by atoms with Crippen LogP contribution in [-0.4, -0.2) is 12.3 Å². The fourth-order valence-electron chi connectivity index (χ4n) is 1.11. The minimum atomic E-state index is 0.509. The molecule has 0 saturated carbocycles. The zero-order valence-electron chi connectivity index (χ0n) is 6.04. The highest BCUT2D eigenvalue weighted by molar-refractivity contribution is 5.71. The summed E-state index contributed by atoms with van der Waals surface area (Å²) in [6.45, 7) is 4.38. The van der Waals surface area contributed by atoms with Crippen molar-refractivity contribution in [1.29, 1.82) is 0 Å². The first-order valence-corrected chi connectivity index (χ1v) is 3.49. The van der Waals surface area contributed by atoms with Crippen LogP contribution >= 0.6 is 0 Å². The molecule has 0 bridgehead atoms. The quantitative estimate of drug-likeness (QED) is 0.467.